The second-order valence-electron chi connectivity index (χ2n) is 4.74. The first-order chi connectivity index (χ1) is 8.06. The first-order valence-electron chi connectivity index (χ1n) is 6.15. The van der Waals surface area contributed by atoms with Crippen LogP contribution in [-0.2, 0) is 14.2 Å². The Morgan fingerprint density at radius 3 is 1.76 bits per heavy atom. The van der Waals surface area contributed by atoms with E-state index in [1.807, 2.05) is 0 Å². The molecule has 0 spiro atoms. The number of rotatable bonds is 11. The SMILES string of the molecule is CC(C)(C)NCCOCCOCCOCCO. The fourth-order valence-corrected chi connectivity index (χ4v) is 1.10. The molecule has 0 aromatic heterocycles. The van der Waals surface area contributed by atoms with Crippen molar-refractivity contribution >= 4 is 0 Å². The molecule has 5 nitrogen and oxygen atoms in total. The van der Waals surface area contributed by atoms with Gasteiger partial charge >= 0.3 is 0 Å². The molecule has 0 aromatic carbocycles. The molecule has 0 atom stereocenters. The van der Waals surface area contributed by atoms with Crippen LogP contribution < -0.4 is 5.32 Å². The van der Waals surface area contributed by atoms with Gasteiger partial charge in [0.1, 0.15) is 0 Å². The minimum Gasteiger partial charge on any atom is -0.394 e. The van der Waals surface area contributed by atoms with Gasteiger partial charge in [-0.05, 0) is 20.8 Å². The van der Waals surface area contributed by atoms with E-state index >= 15 is 0 Å². The van der Waals surface area contributed by atoms with Crippen molar-refractivity contribution in [3.63, 3.8) is 0 Å². The van der Waals surface area contributed by atoms with Gasteiger partial charge in [-0.15, -0.1) is 0 Å². The van der Waals surface area contributed by atoms with E-state index in [2.05, 4.69) is 26.1 Å². The van der Waals surface area contributed by atoms with Crippen molar-refractivity contribution in [3.8, 4) is 0 Å². The first-order valence-corrected chi connectivity index (χ1v) is 6.15. The Morgan fingerprint density at radius 2 is 1.29 bits per heavy atom. The van der Waals surface area contributed by atoms with Crippen molar-refractivity contribution in [1.82, 2.24) is 5.32 Å². The number of aliphatic hydroxyl groups is 1. The molecular weight excluding hydrogens is 222 g/mol. The van der Waals surface area contributed by atoms with Gasteiger partial charge < -0.3 is 24.6 Å². The lowest BCUT2D eigenvalue weighted by molar-refractivity contribution is 0.00776. The second kappa shape index (κ2) is 10.9. The molecule has 5 heteroatoms. The average Bonchev–Trinajstić information content (AvgIpc) is 2.24. The molecule has 0 aromatic rings. The Balaban J connectivity index is 2.99. The Bertz CT molecular complexity index is 159. The van der Waals surface area contributed by atoms with Crippen LogP contribution in [0.1, 0.15) is 20.8 Å². The molecule has 104 valence electrons. The molecule has 0 aliphatic carbocycles. The zero-order valence-electron chi connectivity index (χ0n) is 11.3. The summed E-state index contributed by atoms with van der Waals surface area (Å²) in [5.74, 6) is 0. The Labute approximate surface area is 104 Å². The molecule has 0 aliphatic rings. The Morgan fingerprint density at radius 1 is 0.824 bits per heavy atom. The van der Waals surface area contributed by atoms with Crippen molar-refractivity contribution in [1.29, 1.82) is 0 Å². The largest absolute Gasteiger partial charge is 0.394 e. The minimum atomic E-state index is 0.0594. The highest BCUT2D eigenvalue weighted by atomic mass is 16.5. The van der Waals surface area contributed by atoms with Crippen LogP contribution in [0.4, 0.5) is 0 Å². The molecule has 0 saturated carbocycles. The normalized spacial score (nSPS) is 12.0. The van der Waals surface area contributed by atoms with E-state index in [9.17, 15) is 0 Å². The highest BCUT2D eigenvalue weighted by molar-refractivity contribution is 4.69. The molecule has 0 unspecified atom stereocenters. The van der Waals surface area contributed by atoms with Gasteiger partial charge in [0.2, 0.25) is 0 Å². The number of aliphatic hydroxyl groups excluding tert-OH is 1. The van der Waals surface area contributed by atoms with E-state index in [4.69, 9.17) is 19.3 Å². The van der Waals surface area contributed by atoms with E-state index in [0.29, 0.717) is 39.6 Å². The maximum absolute atomic E-state index is 8.45. The number of nitrogens with one attached hydrogen (secondary N) is 1. The smallest absolute Gasteiger partial charge is 0.0701 e. The Hall–Kier alpha value is -0.200. The lowest BCUT2D eigenvalue weighted by Gasteiger charge is -2.20. The van der Waals surface area contributed by atoms with Gasteiger partial charge in [0.15, 0.2) is 0 Å². The molecular formula is C12H27NO4. The van der Waals surface area contributed by atoms with Crippen LogP contribution in [0.3, 0.4) is 0 Å². The molecule has 0 bridgehead atoms. The molecule has 0 fully saturated rings. The highest BCUT2D eigenvalue weighted by Gasteiger charge is 2.06. The molecule has 0 rings (SSSR count). The molecule has 0 aliphatic heterocycles. The van der Waals surface area contributed by atoms with Crippen LogP contribution in [0.2, 0.25) is 0 Å². The lowest BCUT2D eigenvalue weighted by Crippen LogP contribution is -2.38. The maximum atomic E-state index is 8.45. The highest BCUT2D eigenvalue weighted by Crippen LogP contribution is 1.96. The first kappa shape index (κ1) is 16.8. The van der Waals surface area contributed by atoms with Crippen molar-refractivity contribution < 1.29 is 19.3 Å². The minimum absolute atomic E-state index is 0.0594. The number of hydrogen-bond acceptors (Lipinski definition) is 5. The van der Waals surface area contributed by atoms with E-state index in [0.717, 1.165) is 6.54 Å². The number of ether oxygens (including phenoxy) is 3. The van der Waals surface area contributed by atoms with E-state index in [-0.39, 0.29) is 12.1 Å². The van der Waals surface area contributed by atoms with Gasteiger partial charge in [-0.1, -0.05) is 0 Å². The van der Waals surface area contributed by atoms with Gasteiger partial charge in [-0.2, -0.15) is 0 Å². The van der Waals surface area contributed by atoms with Crippen LogP contribution in [0, 0.1) is 0 Å². The third kappa shape index (κ3) is 15.8. The van der Waals surface area contributed by atoms with Gasteiger partial charge in [-0.3, -0.25) is 0 Å². The van der Waals surface area contributed by atoms with E-state index in [1.165, 1.54) is 0 Å². The number of hydrogen-bond donors (Lipinski definition) is 2. The zero-order valence-corrected chi connectivity index (χ0v) is 11.3. The zero-order chi connectivity index (χ0) is 13.0. The summed E-state index contributed by atoms with van der Waals surface area (Å²) in [5.41, 5.74) is 0.143. The predicted molar refractivity (Wildman–Crippen MR) is 67.3 cm³/mol. The van der Waals surface area contributed by atoms with Crippen LogP contribution in [0.15, 0.2) is 0 Å². The molecule has 0 radical (unpaired) electrons. The maximum Gasteiger partial charge on any atom is 0.0701 e. The average molecular weight is 249 g/mol. The van der Waals surface area contributed by atoms with Gasteiger partial charge in [0, 0.05) is 12.1 Å². The van der Waals surface area contributed by atoms with Crippen LogP contribution in [-0.4, -0.2) is 63.4 Å². The van der Waals surface area contributed by atoms with Crippen LogP contribution in [0.5, 0.6) is 0 Å². The van der Waals surface area contributed by atoms with Crippen molar-refractivity contribution in [2.24, 2.45) is 0 Å². The third-order valence-electron chi connectivity index (χ3n) is 1.88. The topological polar surface area (TPSA) is 60.0 Å². The second-order valence-corrected chi connectivity index (χ2v) is 4.74. The van der Waals surface area contributed by atoms with Crippen molar-refractivity contribution in [3.05, 3.63) is 0 Å². The molecule has 0 heterocycles. The summed E-state index contributed by atoms with van der Waals surface area (Å²) >= 11 is 0. The quantitative estimate of drug-likeness (QED) is 0.520. The fraction of sp³-hybridized carbons (Fsp3) is 1.00. The summed E-state index contributed by atoms with van der Waals surface area (Å²) in [6.07, 6.45) is 0. The summed E-state index contributed by atoms with van der Waals surface area (Å²) in [4.78, 5) is 0. The Kier molecular flexibility index (Phi) is 10.8. The monoisotopic (exact) mass is 249 g/mol. The molecule has 2 N–H and O–H groups in total. The van der Waals surface area contributed by atoms with Gasteiger partial charge in [-0.25, -0.2) is 0 Å². The van der Waals surface area contributed by atoms with Crippen molar-refractivity contribution in [2.45, 2.75) is 26.3 Å². The van der Waals surface area contributed by atoms with Crippen LogP contribution >= 0.6 is 0 Å². The summed E-state index contributed by atoms with van der Waals surface area (Å²) in [6.45, 7) is 10.6. The van der Waals surface area contributed by atoms with E-state index in [1.54, 1.807) is 0 Å². The van der Waals surface area contributed by atoms with Crippen molar-refractivity contribution in [2.75, 3.05) is 52.8 Å². The van der Waals surface area contributed by atoms with E-state index < -0.39 is 0 Å². The molecule has 0 saturated heterocycles. The van der Waals surface area contributed by atoms with Gasteiger partial charge in [0.25, 0.3) is 0 Å². The lowest BCUT2D eigenvalue weighted by atomic mass is 10.1. The van der Waals surface area contributed by atoms with Crippen LogP contribution in [0.25, 0.3) is 0 Å². The molecule has 0 amide bonds. The molecule has 17 heavy (non-hydrogen) atoms. The fourth-order valence-electron chi connectivity index (χ4n) is 1.10. The summed E-state index contributed by atoms with van der Waals surface area (Å²) in [6, 6.07) is 0. The predicted octanol–water partition coefficient (Wildman–Crippen LogP) is 0.417. The third-order valence-corrected chi connectivity index (χ3v) is 1.88. The summed E-state index contributed by atoms with van der Waals surface area (Å²) < 4.78 is 15.7. The standard InChI is InChI=1S/C12H27NO4/c1-12(2,3)13-4-6-15-8-10-17-11-9-16-7-5-14/h13-14H,4-11H2,1-3H3. The van der Waals surface area contributed by atoms with Gasteiger partial charge in [0.05, 0.1) is 46.2 Å². The summed E-state index contributed by atoms with van der Waals surface area (Å²) in [5, 5.41) is 11.8. The summed E-state index contributed by atoms with van der Waals surface area (Å²) in [7, 11) is 0.